The molecule has 4 rings (SSSR count). The van der Waals surface area contributed by atoms with Gasteiger partial charge in [0.25, 0.3) is 5.56 Å². The van der Waals surface area contributed by atoms with E-state index in [-0.39, 0.29) is 17.2 Å². The van der Waals surface area contributed by atoms with Gasteiger partial charge in [0.1, 0.15) is 5.82 Å². The summed E-state index contributed by atoms with van der Waals surface area (Å²) in [6, 6.07) is 18.7. The van der Waals surface area contributed by atoms with Crippen molar-refractivity contribution in [3.63, 3.8) is 0 Å². The van der Waals surface area contributed by atoms with E-state index in [1.807, 2.05) is 55.5 Å². The van der Waals surface area contributed by atoms with Crippen molar-refractivity contribution >= 4 is 34.3 Å². The zero-order chi connectivity index (χ0) is 22.7. The highest BCUT2D eigenvalue weighted by molar-refractivity contribution is 7.99. The Bertz CT molecular complexity index is 1350. The van der Waals surface area contributed by atoms with Crippen molar-refractivity contribution in [1.82, 2.24) is 14.5 Å². The van der Waals surface area contributed by atoms with Crippen LogP contribution in [0, 0.1) is 6.92 Å². The zero-order valence-electron chi connectivity index (χ0n) is 18.2. The molecule has 0 atom stereocenters. The quantitative estimate of drug-likeness (QED) is 0.337. The molecule has 0 fully saturated rings. The second-order valence-corrected chi connectivity index (χ2v) is 8.80. The number of amides is 1. The topological polar surface area (TPSA) is 76.9 Å². The van der Waals surface area contributed by atoms with Gasteiger partial charge in [0.2, 0.25) is 5.91 Å². The lowest BCUT2D eigenvalue weighted by molar-refractivity contribution is -0.113. The predicted octanol–water partition coefficient (Wildman–Crippen LogP) is 4.94. The summed E-state index contributed by atoms with van der Waals surface area (Å²) in [4.78, 5) is 35.0. The number of thioether (sulfide) groups is 1. The molecule has 162 valence electrons. The van der Waals surface area contributed by atoms with E-state index in [4.69, 9.17) is 0 Å². The van der Waals surface area contributed by atoms with Gasteiger partial charge >= 0.3 is 0 Å². The second kappa shape index (κ2) is 9.36. The smallest absolute Gasteiger partial charge is 0.267 e. The Morgan fingerprint density at radius 2 is 1.91 bits per heavy atom. The van der Waals surface area contributed by atoms with Gasteiger partial charge in [-0.2, -0.15) is 0 Å². The Labute approximate surface area is 190 Å². The molecule has 0 unspecified atom stereocenters. The number of pyridine rings is 1. The number of rotatable bonds is 6. The van der Waals surface area contributed by atoms with Crippen LogP contribution in [0.3, 0.4) is 0 Å². The minimum atomic E-state index is -0.207. The van der Waals surface area contributed by atoms with E-state index >= 15 is 0 Å². The van der Waals surface area contributed by atoms with Gasteiger partial charge in [-0.25, -0.2) is 14.5 Å². The normalized spacial score (nSPS) is 11.1. The van der Waals surface area contributed by atoms with E-state index in [0.717, 1.165) is 16.8 Å². The minimum Gasteiger partial charge on any atom is -0.325 e. The highest BCUT2D eigenvalue weighted by Crippen LogP contribution is 2.22. The molecule has 0 aliphatic carbocycles. The van der Waals surface area contributed by atoms with Gasteiger partial charge < -0.3 is 5.32 Å². The molecule has 0 radical (unpaired) electrons. The molecular formula is C25H24N4O2S. The molecule has 1 N–H and O–H groups in total. The van der Waals surface area contributed by atoms with Gasteiger partial charge in [-0.1, -0.05) is 49.9 Å². The number of hydrogen-bond donors (Lipinski definition) is 1. The Morgan fingerprint density at radius 1 is 1.09 bits per heavy atom. The third-order valence-corrected chi connectivity index (χ3v) is 5.98. The number of fused-ring (bicyclic) bond motifs is 1. The SMILES string of the molecule is Cc1ccnc(-n2c(SCC(=O)Nc3cccc(C(C)C)c3)nc3ccccc3c2=O)c1. The Hall–Kier alpha value is -3.45. The van der Waals surface area contributed by atoms with Crippen molar-refractivity contribution < 1.29 is 4.79 Å². The first-order valence-corrected chi connectivity index (χ1v) is 11.4. The summed E-state index contributed by atoms with van der Waals surface area (Å²) in [5, 5.41) is 3.87. The molecule has 2 heterocycles. The maximum atomic E-state index is 13.3. The van der Waals surface area contributed by atoms with Crippen LogP contribution in [-0.2, 0) is 4.79 Å². The molecule has 0 spiro atoms. The molecule has 2 aromatic carbocycles. The van der Waals surface area contributed by atoms with Crippen LogP contribution >= 0.6 is 11.8 Å². The maximum absolute atomic E-state index is 13.3. The number of carbonyl (C=O) groups excluding carboxylic acids is 1. The molecule has 6 nitrogen and oxygen atoms in total. The predicted molar refractivity (Wildman–Crippen MR) is 130 cm³/mol. The van der Waals surface area contributed by atoms with Crippen molar-refractivity contribution in [3.05, 3.63) is 88.3 Å². The van der Waals surface area contributed by atoms with Crippen molar-refractivity contribution in [1.29, 1.82) is 0 Å². The van der Waals surface area contributed by atoms with Crippen molar-refractivity contribution in [2.24, 2.45) is 0 Å². The molecule has 2 aromatic heterocycles. The van der Waals surface area contributed by atoms with Crippen LogP contribution in [-0.4, -0.2) is 26.2 Å². The number of para-hydroxylation sites is 1. The lowest BCUT2D eigenvalue weighted by Crippen LogP contribution is -2.23. The standard InChI is InChI=1S/C25H24N4O2S/c1-16(2)18-7-6-8-19(14-18)27-23(30)15-32-25-28-21-10-5-4-9-20(21)24(31)29(25)22-13-17(3)11-12-26-22/h4-14,16H,15H2,1-3H3,(H,27,30). The highest BCUT2D eigenvalue weighted by Gasteiger charge is 2.16. The second-order valence-electron chi connectivity index (χ2n) is 7.86. The molecule has 7 heteroatoms. The summed E-state index contributed by atoms with van der Waals surface area (Å²) in [7, 11) is 0. The van der Waals surface area contributed by atoms with Crippen LogP contribution in [0.15, 0.2) is 76.8 Å². The van der Waals surface area contributed by atoms with Crippen molar-refractivity contribution in [3.8, 4) is 5.82 Å². The van der Waals surface area contributed by atoms with E-state index in [9.17, 15) is 9.59 Å². The van der Waals surface area contributed by atoms with Crippen molar-refractivity contribution in [2.45, 2.75) is 31.8 Å². The van der Waals surface area contributed by atoms with Crippen LogP contribution in [0.25, 0.3) is 16.7 Å². The van der Waals surface area contributed by atoms with E-state index in [0.29, 0.717) is 27.8 Å². The van der Waals surface area contributed by atoms with Crippen LogP contribution in [0.4, 0.5) is 5.69 Å². The highest BCUT2D eigenvalue weighted by atomic mass is 32.2. The molecule has 0 aliphatic rings. The van der Waals surface area contributed by atoms with Gasteiger partial charge in [0.05, 0.1) is 16.7 Å². The minimum absolute atomic E-state index is 0.114. The van der Waals surface area contributed by atoms with E-state index in [1.165, 1.54) is 16.3 Å². The fraction of sp³-hybridized carbons (Fsp3) is 0.200. The first-order chi connectivity index (χ1) is 15.4. The average molecular weight is 445 g/mol. The number of aryl methyl sites for hydroxylation is 1. The summed E-state index contributed by atoms with van der Waals surface area (Å²) < 4.78 is 1.48. The maximum Gasteiger partial charge on any atom is 0.267 e. The first-order valence-electron chi connectivity index (χ1n) is 10.4. The van der Waals surface area contributed by atoms with Crippen molar-refractivity contribution in [2.75, 3.05) is 11.1 Å². The molecular weight excluding hydrogens is 420 g/mol. The molecule has 0 bridgehead atoms. The number of anilines is 1. The summed E-state index contributed by atoms with van der Waals surface area (Å²) in [5.74, 6) is 0.810. The first kappa shape index (κ1) is 21.8. The number of nitrogens with one attached hydrogen (secondary N) is 1. The molecule has 1 amide bonds. The monoisotopic (exact) mass is 444 g/mol. The van der Waals surface area contributed by atoms with Crippen LogP contribution in [0.1, 0.15) is 30.9 Å². The molecule has 0 aliphatic heterocycles. The molecule has 0 saturated carbocycles. The fourth-order valence-corrected chi connectivity index (χ4v) is 4.16. The fourth-order valence-electron chi connectivity index (χ4n) is 3.36. The summed E-state index contributed by atoms with van der Waals surface area (Å²) >= 11 is 1.21. The molecule has 32 heavy (non-hydrogen) atoms. The average Bonchev–Trinajstić information content (AvgIpc) is 2.78. The summed E-state index contributed by atoms with van der Waals surface area (Å²) in [5.41, 5.74) is 3.28. The van der Waals surface area contributed by atoms with Crippen LogP contribution in [0.2, 0.25) is 0 Å². The number of hydrogen-bond acceptors (Lipinski definition) is 5. The Balaban J connectivity index is 1.64. The number of benzene rings is 2. The lowest BCUT2D eigenvalue weighted by Gasteiger charge is -2.13. The van der Waals surface area contributed by atoms with E-state index in [1.54, 1.807) is 18.3 Å². The number of nitrogens with zero attached hydrogens (tertiary/aromatic N) is 3. The van der Waals surface area contributed by atoms with E-state index < -0.39 is 0 Å². The Kier molecular flexibility index (Phi) is 6.37. The lowest BCUT2D eigenvalue weighted by atomic mass is 10.0. The third kappa shape index (κ3) is 4.73. The largest absolute Gasteiger partial charge is 0.325 e. The van der Waals surface area contributed by atoms with Gasteiger partial charge in [0, 0.05) is 11.9 Å². The van der Waals surface area contributed by atoms with E-state index in [2.05, 4.69) is 29.1 Å². The Morgan fingerprint density at radius 3 is 2.69 bits per heavy atom. The van der Waals surface area contributed by atoms with Crippen LogP contribution in [0.5, 0.6) is 0 Å². The number of aromatic nitrogens is 3. The summed E-state index contributed by atoms with van der Waals surface area (Å²) in [6.45, 7) is 6.16. The van der Waals surface area contributed by atoms with Gasteiger partial charge in [-0.05, 0) is 60.4 Å². The number of carbonyl (C=O) groups is 1. The zero-order valence-corrected chi connectivity index (χ0v) is 19.0. The third-order valence-electron chi connectivity index (χ3n) is 5.04. The van der Waals surface area contributed by atoms with Gasteiger partial charge in [-0.15, -0.1) is 0 Å². The summed E-state index contributed by atoms with van der Waals surface area (Å²) in [6.07, 6.45) is 1.66. The molecule has 4 aromatic rings. The van der Waals surface area contributed by atoms with Gasteiger partial charge in [-0.3, -0.25) is 9.59 Å². The molecule has 0 saturated heterocycles. The van der Waals surface area contributed by atoms with Crippen LogP contribution < -0.4 is 10.9 Å². The van der Waals surface area contributed by atoms with Gasteiger partial charge in [0.15, 0.2) is 5.16 Å².